The number of ether oxygens (including phenoxy) is 1. The van der Waals surface area contributed by atoms with Gasteiger partial charge in [-0.1, -0.05) is 12.1 Å². The summed E-state index contributed by atoms with van der Waals surface area (Å²) >= 11 is 0. The van der Waals surface area contributed by atoms with E-state index in [1.54, 1.807) is 35.0 Å². The third-order valence-electron chi connectivity index (χ3n) is 4.22. The number of hydrogen-bond donors (Lipinski definition) is 1. The summed E-state index contributed by atoms with van der Waals surface area (Å²) in [6.07, 6.45) is 3.36. The fourth-order valence-electron chi connectivity index (χ4n) is 3.00. The molecule has 1 unspecified atom stereocenters. The molecule has 0 spiro atoms. The van der Waals surface area contributed by atoms with Crippen LogP contribution in [0.5, 0.6) is 5.75 Å². The van der Waals surface area contributed by atoms with Crippen LogP contribution in [-0.4, -0.2) is 51.9 Å². The van der Waals surface area contributed by atoms with E-state index in [0.29, 0.717) is 24.4 Å². The highest BCUT2D eigenvalue weighted by Gasteiger charge is 2.27. The summed E-state index contributed by atoms with van der Waals surface area (Å²) in [4.78, 5) is 25.5. The number of rotatable bonds is 4. The zero-order chi connectivity index (χ0) is 17.1. The highest BCUT2D eigenvalue weighted by Crippen LogP contribution is 2.25. The second kappa shape index (κ2) is 6.74. The van der Waals surface area contributed by atoms with Crippen LogP contribution in [-0.2, 0) is 0 Å². The highest BCUT2D eigenvalue weighted by atomic mass is 16.5. The van der Waals surface area contributed by atoms with Crippen LogP contribution in [0, 0.1) is 0 Å². The average Bonchev–Trinajstić information content (AvgIpc) is 3.11. The Labute approximate surface area is 139 Å². The van der Waals surface area contributed by atoms with Gasteiger partial charge < -0.3 is 14.7 Å². The minimum Gasteiger partial charge on any atom is -0.496 e. The van der Waals surface area contributed by atoms with Gasteiger partial charge >= 0.3 is 5.97 Å². The second-order valence-corrected chi connectivity index (χ2v) is 5.73. The van der Waals surface area contributed by atoms with E-state index >= 15 is 0 Å². The monoisotopic (exact) mass is 329 g/mol. The van der Waals surface area contributed by atoms with Crippen LogP contribution < -0.4 is 4.74 Å². The molecule has 3 rings (SSSR count). The normalized spacial score (nSPS) is 17.5. The topological polar surface area (TPSA) is 84.7 Å². The van der Waals surface area contributed by atoms with E-state index < -0.39 is 5.97 Å². The Bertz CT molecular complexity index is 756. The van der Waals surface area contributed by atoms with Crippen molar-refractivity contribution in [2.45, 2.75) is 18.9 Å². The molecule has 1 aliphatic heterocycles. The molecule has 126 valence electrons. The molecule has 0 aliphatic carbocycles. The molecule has 2 heterocycles. The van der Waals surface area contributed by atoms with E-state index in [9.17, 15) is 9.59 Å². The van der Waals surface area contributed by atoms with E-state index in [2.05, 4.69) is 5.10 Å². The van der Waals surface area contributed by atoms with Gasteiger partial charge in [-0.05, 0) is 31.0 Å². The van der Waals surface area contributed by atoms with Gasteiger partial charge in [0.15, 0.2) is 5.69 Å². The van der Waals surface area contributed by atoms with Gasteiger partial charge in [0, 0.05) is 19.3 Å². The number of piperidine rings is 1. The number of carboxylic acid groups (broad SMARTS) is 1. The zero-order valence-corrected chi connectivity index (χ0v) is 13.4. The maximum Gasteiger partial charge on any atom is 0.356 e. The lowest BCUT2D eigenvalue weighted by Crippen LogP contribution is -2.41. The third-order valence-corrected chi connectivity index (χ3v) is 4.22. The van der Waals surface area contributed by atoms with Crippen molar-refractivity contribution >= 4 is 11.9 Å². The molecular formula is C17H19N3O4. The number of amides is 1. The van der Waals surface area contributed by atoms with Crippen LogP contribution in [0.4, 0.5) is 0 Å². The number of aromatic nitrogens is 2. The van der Waals surface area contributed by atoms with Gasteiger partial charge in [-0.15, -0.1) is 0 Å². The molecule has 1 aliphatic rings. The Hall–Kier alpha value is -2.83. The smallest absolute Gasteiger partial charge is 0.356 e. The van der Waals surface area contributed by atoms with E-state index in [0.717, 1.165) is 12.8 Å². The summed E-state index contributed by atoms with van der Waals surface area (Å²) in [6, 6.07) is 8.60. The Kier molecular flexibility index (Phi) is 4.50. The molecule has 7 nitrogen and oxygen atoms in total. The molecule has 24 heavy (non-hydrogen) atoms. The molecule has 7 heteroatoms. The molecule has 1 aromatic carbocycles. The number of carbonyl (C=O) groups is 2. The number of nitrogens with zero attached hydrogens (tertiary/aromatic N) is 3. The van der Waals surface area contributed by atoms with Crippen molar-refractivity contribution in [3.63, 3.8) is 0 Å². The number of likely N-dealkylation sites (tertiary alicyclic amines) is 1. The first-order valence-corrected chi connectivity index (χ1v) is 7.81. The second-order valence-electron chi connectivity index (χ2n) is 5.73. The summed E-state index contributed by atoms with van der Waals surface area (Å²) in [5.41, 5.74) is 0.551. The molecule has 1 aromatic heterocycles. The number of benzene rings is 1. The highest BCUT2D eigenvalue weighted by molar-refractivity contribution is 5.97. The standard InChI is InChI=1S/C17H19N3O4/c1-24-15-7-3-2-6-13(15)16(21)19-9-4-5-12(11-19)20-10-8-14(18-20)17(22)23/h2-3,6-8,10,12H,4-5,9,11H2,1H3,(H,22,23). The molecule has 0 radical (unpaired) electrons. The molecule has 0 bridgehead atoms. The summed E-state index contributed by atoms with van der Waals surface area (Å²) in [5, 5.41) is 13.1. The largest absolute Gasteiger partial charge is 0.496 e. The first-order chi connectivity index (χ1) is 11.6. The van der Waals surface area contributed by atoms with E-state index in [1.807, 2.05) is 12.1 Å². The molecule has 0 saturated carbocycles. The summed E-state index contributed by atoms with van der Waals surface area (Å²) in [6.45, 7) is 1.16. The van der Waals surface area contributed by atoms with Crippen LogP contribution in [0.2, 0.25) is 0 Å². The minimum atomic E-state index is -1.05. The number of methoxy groups -OCH3 is 1. The molecule has 2 aromatic rings. The fraction of sp³-hybridized carbons (Fsp3) is 0.353. The van der Waals surface area contributed by atoms with Gasteiger partial charge in [0.1, 0.15) is 5.75 Å². The van der Waals surface area contributed by atoms with Crippen molar-refractivity contribution in [2.24, 2.45) is 0 Å². The van der Waals surface area contributed by atoms with Crippen molar-refractivity contribution in [1.82, 2.24) is 14.7 Å². The predicted octanol–water partition coefficient (Wildman–Crippen LogP) is 2.07. The molecule has 1 fully saturated rings. The minimum absolute atomic E-state index is 0.0168. The van der Waals surface area contributed by atoms with Gasteiger partial charge in [0.25, 0.3) is 5.91 Å². The first kappa shape index (κ1) is 16.0. The number of para-hydroxylation sites is 1. The molecular weight excluding hydrogens is 310 g/mol. The van der Waals surface area contributed by atoms with Crippen LogP contribution in [0.15, 0.2) is 36.5 Å². The molecule has 1 saturated heterocycles. The predicted molar refractivity (Wildman–Crippen MR) is 86.4 cm³/mol. The molecule has 1 N–H and O–H groups in total. The number of hydrogen-bond acceptors (Lipinski definition) is 4. The van der Waals surface area contributed by atoms with Gasteiger partial charge in [-0.3, -0.25) is 9.48 Å². The van der Waals surface area contributed by atoms with Crippen molar-refractivity contribution in [3.05, 3.63) is 47.8 Å². The van der Waals surface area contributed by atoms with Gasteiger partial charge in [-0.2, -0.15) is 5.10 Å². The van der Waals surface area contributed by atoms with Gasteiger partial charge in [0.05, 0.1) is 18.7 Å². The van der Waals surface area contributed by atoms with E-state index in [1.165, 1.54) is 6.07 Å². The lowest BCUT2D eigenvalue weighted by atomic mass is 10.0. The Morgan fingerprint density at radius 1 is 1.29 bits per heavy atom. The Morgan fingerprint density at radius 2 is 2.08 bits per heavy atom. The van der Waals surface area contributed by atoms with Crippen LogP contribution >= 0.6 is 0 Å². The first-order valence-electron chi connectivity index (χ1n) is 7.81. The van der Waals surface area contributed by atoms with Crippen molar-refractivity contribution in [2.75, 3.05) is 20.2 Å². The molecule has 1 atom stereocenters. The van der Waals surface area contributed by atoms with Gasteiger partial charge in [0.2, 0.25) is 0 Å². The zero-order valence-electron chi connectivity index (χ0n) is 13.4. The van der Waals surface area contributed by atoms with E-state index in [4.69, 9.17) is 9.84 Å². The summed E-state index contributed by atoms with van der Waals surface area (Å²) in [7, 11) is 1.54. The third kappa shape index (κ3) is 3.10. The van der Waals surface area contributed by atoms with Crippen molar-refractivity contribution in [3.8, 4) is 5.75 Å². The summed E-state index contributed by atoms with van der Waals surface area (Å²) < 4.78 is 6.91. The van der Waals surface area contributed by atoms with Crippen LogP contribution in [0.1, 0.15) is 39.7 Å². The quantitative estimate of drug-likeness (QED) is 0.928. The maximum atomic E-state index is 12.8. The lowest BCUT2D eigenvalue weighted by Gasteiger charge is -2.33. The Balaban J connectivity index is 1.77. The van der Waals surface area contributed by atoms with Crippen molar-refractivity contribution < 1.29 is 19.4 Å². The number of carbonyl (C=O) groups excluding carboxylic acids is 1. The SMILES string of the molecule is COc1ccccc1C(=O)N1CCCC(n2ccc(C(=O)O)n2)C1. The van der Waals surface area contributed by atoms with E-state index in [-0.39, 0.29) is 17.6 Å². The maximum absolute atomic E-state index is 12.8. The lowest BCUT2D eigenvalue weighted by molar-refractivity contribution is 0.0654. The van der Waals surface area contributed by atoms with Crippen LogP contribution in [0.3, 0.4) is 0 Å². The van der Waals surface area contributed by atoms with Crippen molar-refractivity contribution in [1.29, 1.82) is 0 Å². The number of aromatic carboxylic acids is 1. The molecule has 1 amide bonds. The summed E-state index contributed by atoms with van der Waals surface area (Å²) in [5.74, 6) is -0.578. The van der Waals surface area contributed by atoms with Gasteiger partial charge in [-0.25, -0.2) is 4.79 Å². The van der Waals surface area contributed by atoms with Crippen LogP contribution in [0.25, 0.3) is 0 Å². The Morgan fingerprint density at radius 3 is 2.79 bits per heavy atom. The number of carboxylic acids is 1. The average molecular weight is 329 g/mol. The fourth-order valence-corrected chi connectivity index (χ4v) is 3.00.